The molecule has 160 valence electrons. The van der Waals surface area contributed by atoms with E-state index in [1.54, 1.807) is 30.3 Å². The van der Waals surface area contributed by atoms with Gasteiger partial charge in [0.1, 0.15) is 13.2 Å². The standard InChI is InChI=1S/C20H24N4O5S/c1-12-7-13(2)9-15(8-12)24-30(26,27)20-16(11-21-23-20)19(25)22-14-3-4-17-18(10-14)29-6-5-28-17/h3-4,7-10,16,20-21,23-24H,5-6,11H2,1-2H3,(H,22,25). The second-order valence-electron chi connectivity index (χ2n) is 7.42. The fourth-order valence-corrected chi connectivity index (χ4v) is 5.08. The lowest BCUT2D eigenvalue weighted by molar-refractivity contribution is -0.119. The number of amides is 1. The van der Waals surface area contributed by atoms with Gasteiger partial charge >= 0.3 is 0 Å². The van der Waals surface area contributed by atoms with E-state index in [2.05, 4.69) is 20.9 Å². The van der Waals surface area contributed by atoms with Gasteiger partial charge in [-0.3, -0.25) is 14.9 Å². The maximum atomic E-state index is 13.0. The Morgan fingerprint density at radius 3 is 2.43 bits per heavy atom. The maximum absolute atomic E-state index is 13.0. The quantitative estimate of drug-likeness (QED) is 0.566. The predicted molar refractivity (Wildman–Crippen MR) is 113 cm³/mol. The molecule has 1 fully saturated rings. The Morgan fingerprint density at radius 1 is 1.00 bits per heavy atom. The van der Waals surface area contributed by atoms with Gasteiger partial charge in [-0.15, -0.1) is 0 Å². The number of carbonyl (C=O) groups is 1. The normalized spacial score (nSPS) is 20.6. The van der Waals surface area contributed by atoms with Gasteiger partial charge in [-0.1, -0.05) is 6.07 Å². The highest BCUT2D eigenvalue weighted by Gasteiger charge is 2.42. The van der Waals surface area contributed by atoms with Crippen LogP contribution in [0, 0.1) is 19.8 Å². The van der Waals surface area contributed by atoms with Gasteiger partial charge in [0.25, 0.3) is 10.0 Å². The Labute approximate surface area is 175 Å². The van der Waals surface area contributed by atoms with E-state index in [1.807, 2.05) is 19.9 Å². The van der Waals surface area contributed by atoms with E-state index in [0.29, 0.717) is 36.1 Å². The van der Waals surface area contributed by atoms with Crippen LogP contribution >= 0.6 is 0 Å². The highest BCUT2D eigenvalue weighted by atomic mass is 32.2. The van der Waals surface area contributed by atoms with Gasteiger partial charge in [0.15, 0.2) is 16.9 Å². The molecule has 30 heavy (non-hydrogen) atoms. The average Bonchev–Trinajstić information content (AvgIpc) is 3.18. The SMILES string of the molecule is Cc1cc(C)cc(NS(=O)(=O)C2NNCC2C(=O)Nc2ccc3c(c2)OCCO3)c1. The van der Waals surface area contributed by atoms with Crippen molar-refractivity contribution in [2.45, 2.75) is 19.2 Å². The van der Waals surface area contributed by atoms with Crippen molar-refractivity contribution in [2.75, 3.05) is 29.8 Å². The minimum Gasteiger partial charge on any atom is -0.486 e. The summed E-state index contributed by atoms with van der Waals surface area (Å²) in [6.07, 6.45) is 0. The molecule has 0 aliphatic carbocycles. The second-order valence-corrected chi connectivity index (χ2v) is 9.23. The molecular formula is C20H24N4O5S. The van der Waals surface area contributed by atoms with Crippen LogP contribution in [0.25, 0.3) is 0 Å². The molecule has 2 aromatic rings. The number of sulfonamides is 1. The number of hydrogen-bond donors (Lipinski definition) is 4. The number of nitrogens with one attached hydrogen (secondary N) is 4. The predicted octanol–water partition coefficient (Wildman–Crippen LogP) is 1.51. The Kier molecular flexibility index (Phi) is 5.54. The van der Waals surface area contributed by atoms with Gasteiger partial charge in [-0.25, -0.2) is 13.8 Å². The van der Waals surface area contributed by atoms with Crippen molar-refractivity contribution in [3.05, 3.63) is 47.5 Å². The molecule has 1 amide bonds. The number of hydrogen-bond acceptors (Lipinski definition) is 7. The third-order valence-electron chi connectivity index (χ3n) is 4.89. The van der Waals surface area contributed by atoms with Gasteiger partial charge in [0, 0.05) is 24.0 Å². The molecule has 1 saturated heterocycles. The lowest BCUT2D eigenvalue weighted by atomic mass is 10.1. The minimum absolute atomic E-state index is 0.175. The summed E-state index contributed by atoms with van der Waals surface area (Å²) in [4.78, 5) is 12.8. The van der Waals surface area contributed by atoms with Crippen LogP contribution in [0.15, 0.2) is 36.4 Å². The summed E-state index contributed by atoms with van der Waals surface area (Å²) in [6.45, 7) is 4.87. The number of ether oxygens (including phenoxy) is 2. The molecule has 0 aromatic heterocycles. The molecule has 0 saturated carbocycles. The summed E-state index contributed by atoms with van der Waals surface area (Å²) in [6, 6.07) is 10.5. The number of rotatable bonds is 5. The van der Waals surface area contributed by atoms with Crippen LogP contribution in [-0.2, 0) is 14.8 Å². The zero-order valence-electron chi connectivity index (χ0n) is 16.7. The summed E-state index contributed by atoms with van der Waals surface area (Å²) in [5.41, 5.74) is 8.35. The molecule has 2 aliphatic rings. The molecule has 10 heteroatoms. The van der Waals surface area contributed by atoms with Crippen LogP contribution in [0.1, 0.15) is 11.1 Å². The Bertz CT molecular complexity index is 1050. The Hall–Kier alpha value is -2.82. The molecule has 0 radical (unpaired) electrons. The molecule has 0 spiro atoms. The minimum atomic E-state index is -3.88. The Morgan fingerprint density at radius 2 is 1.70 bits per heavy atom. The van der Waals surface area contributed by atoms with Crippen LogP contribution in [-0.4, -0.2) is 39.5 Å². The third kappa shape index (κ3) is 4.35. The first-order valence-electron chi connectivity index (χ1n) is 9.61. The van der Waals surface area contributed by atoms with Crippen LogP contribution in [0.3, 0.4) is 0 Å². The van der Waals surface area contributed by atoms with Crippen LogP contribution in [0.5, 0.6) is 11.5 Å². The molecular weight excluding hydrogens is 408 g/mol. The highest BCUT2D eigenvalue weighted by molar-refractivity contribution is 7.93. The van der Waals surface area contributed by atoms with Crippen molar-refractivity contribution >= 4 is 27.3 Å². The number of benzene rings is 2. The monoisotopic (exact) mass is 432 g/mol. The molecule has 9 nitrogen and oxygen atoms in total. The third-order valence-corrected chi connectivity index (χ3v) is 6.53. The summed E-state index contributed by atoms with van der Waals surface area (Å²) in [5, 5.41) is 1.64. The van der Waals surface area contributed by atoms with E-state index in [0.717, 1.165) is 11.1 Å². The smallest absolute Gasteiger partial charge is 0.250 e. The van der Waals surface area contributed by atoms with Gasteiger partial charge in [0.2, 0.25) is 5.91 Å². The van der Waals surface area contributed by atoms with E-state index >= 15 is 0 Å². The Balaban J connectivity index is 1.49. The first-order valence-corrected chi connectivity index (χ1v) is 11.2. The van der Waals surface area contributed by atoms with Gasteiger partial charge < -0.3 is 14.8 Å². The van der Waals surface area contributed by atoms with E-state index in [-0.39, 0.29) is 6.54 Å². The van der Waals surface area contributed by atoms with E-state index < -0.39 is 27.2 Å². The van der Waals surface area contributed by atoms with Crippen molar-refractivity contribution in [2.24, 2.45) is 5.92 Å². The topological polar surface area (TPSA) is 118 Å². The summed E-state index contributed by atoms with van der Waals surface area (Å²) in [7, 11) is -3.88. The van der Waals surface area contributed by atoms with E-state index in [1.165, 1.54) is 0 Å². The first-order chi connectivity index (χ1) is 14.3. The van der Waals surface area contributed by atoms with Gasteiger partial charge in [0.05, 0.1) is 5.92 Å². The van der Waals surface area contributed by atoms with Gasteiger partial charge in [-0.2, -0.15) is 0 Å². The van der Waals surface area contributed by atoms with Gasteiger partial charge in [-0.05, 0) is 49.2 Å². The molecule has 2 atom stereocenters. The van der Waals surface area contributed by atoms with Crippen LogP contribution in [0.2, 0.25) is 0 Å². The van der Waals surface area contributed by atoms with E-state index in [9.17, 15) is 13.2 Å². The number of aryl methyl sites for hydroxylation is 2. The largest absolute Gasteiger partial charge is 0.486 e. The number of hydrazine groups is 1. The number of anilines is 2. The second kappa shape index (κ2) is 8.13. The number of carbonyl (C=O) groups excluding carboxylic acids is 1. The zero-order chi connectivity index (χ0) is 21.3. The summed E-state index contributed by atoms with van der Waals surface area (Å²) < 4.78 is 39.5. The zero-order valence-corrected chi connectivity index (χ0v) is 17.5. The maximum Gasteiger partial charge on any atom is 0.250 e. The summed E-state index contributed by atoms with van der Waals surface area (Å²) in [5.74, 6) is -0.0921. The molecule has 2 aliphatic heterocycles. The van der Waals surface area contributed by atoms with Crippen molar-refractivity contribution in [1.29, 1.82) is 0 Å². The molecule has 0 bridgehead atoms. The summed E-state index contributed by atoms with van der Waals surface area (Å²) >= 11 is 0. The molecule has 2 heterocycles. The average molecular weight is 433 g/mol. The fraction of sp³-hybridized carbons (Fsp3) is 0.350. The molecule has 4 rings (SSSR count). The van der Waals surface area contributed by atoms with Crippen molar-refractivity contribution in [3.63, 3.8) is 0 Å². The molecule has 2 unspecified atom stereocenters. The highest BCUT2D eigenvalue weighted by Crippen LogP contribution is 2.33. The first kappa shape index (κ1) is 20.5. The van der Waals surface area contributed by atoms with Crippen LogP contribution in [0.4, 0.5) is 11.4 Å². The van der Waals surface area contributed by atoms with E-state index in [4.69, 9.17) is 9.47 Å². The molecule has 2 aromatic carbocycles. The fourth-order valence-electron chi connectivity index (χ4n) is 3.62. The lowest BCUT2D eigenvalue weighted by Gasteiger charge is -2.21. The lowest BCUT2D eigenvalue weighted by Crippen LogP contribution is -2.45. The number of fused-ring (bicyclic) bond motifs is 1. The van der Waals surface area contributed by atoms with Crippen molar-refractivity contribution < 1.29 is 22.7 Å². The van der Waals surface area contributed by atoms with Crippen molar-refractivity contribution in [1.82, 2.24) is 10.9 Å². The van der Waals surface area contributed by atoms with Crippen LogP contribution < -0.4 is 30.4 Å². The molecule has 4 N–H and O–H groups in total. The van der Waals surface area contributed by atoms with Crippen molar-refractivity contribution in [3.8, 4) is 11.5 Å².